The largest absolute Gasteiger partial charge is 0.423 e. The van der Waals surface area contributed by atoms with Crippen LogP contribution in [0.4, 0.5) is 22.7 Å². The molecule has 2 heterocycles. The quantitative estimate of drug-likeness (QED) is 0.358. The molecule has 0 aromatic heterocycles. The first-order valence-corrected chi connectivity index (χ1v) is 9.38. The van der Waals surface area contributed by atoms with E-state index < -0.39 is 10.9 Å². The van der Waals surface area contributed by atoms with E-state index in [1.54, 1.807) is 4.90 Å². The molecule has 0 saturated carbocycles. The van der Waals surface area contributed by atoms with E-state index in [9.17, 15) is 19.7 Å². The fraction of sp³-hybridized carbons (Fsp3) is 0.300. The summed E-state index contributed by atoms with van der Waals surface area (Å²) in [5.41, 5.74) is 2.09. The number of anilines is 3. The number of amides is 1. The van der Waals surface area contributed by atoms with Gasteiger partial charge in [-0.25, -0.2) is 4.79 Å². The van der Waals surface area contributed by atoms with E-state index in [1.165, 1.54) is 31.0 Å². The van der Waals surface area contributed by atoms with E-state index in [4.69, 9.17) is 4.74 Å². The molecular weight excluding hydrogens is 376 g/mol. The summed E-state index contributed by atoms with van der Waals surface area (Å²) in [7, 11) is 0. The van der Waals surface area contributed by atoms with Gasteiger partial charge in [-0.1, -0.05) is 0 Å². The highest BCUT2D eigenvalue weighted by molar-refractivity contribution is 5.96. The van der Waals surface area contributed by atoms with Crippen molar-refractivity contribution in [1.29, 1.82) is 0 Å². The monoisotopic (exact) mass is 396 g/mol. The zero-order valence-electron chi connectivity index (χ0n) is 15.7. The minimum Gasteiger partial charge on any atom is -0.423 e. The van der Waals surface area contributed by atoms with E-state index in [0.717, 1.165) is 18.8 Å². The van der Waals surface area contributed by atoms with E-state index >= 15 is 0 Å². The van der Waals surface area contributed by atoms with Crippen molar-refractivity contribution < 1.29 is 19.2 Å². The van der Waals surface area contributed by atoms with Crippen LogP contribution in [-0.2, 0) is 9.59 Å². The average Bonchev–Trinajstić information content (AvgIpc) is 3.22. The number of fused-ring (bicyclic) bond motifs is 1. The van der Waals surface area contributed by atoms with Gasteiger partial charge < -0.3 is 19.9 Å². The van der Waals surface area contributed by atoms with Gasteiger partial charge in [0.1, 0.15) is 6.54 Å². The van der Waals surface area contributed by atoms with Gasteiger partial charge in [0, 0.05) is 30.5 Å². The Morgan fingerprint density at radius 1 is 1.14 bits per heavy atom. The summed E-state index contributed by atoms with van der Waals surface area (Å²) >= 11 is 0. The summed E-state index contributed by atoms with van der Waals surface area (Å²) in [4.78, 5) is 38.5. The SMILES string of the molecule is O=C(CN1CC(=O)Oc2cc([N+](=O)[O-])ccc21)Nc1ccc(N2CCCC2)cc1. The van der Waals surface area contributed by atoms with Gasteiger partial charge in [0.15, 0.2) is 5.75 Å². The summed E-state index contributed by atoms with van der Waals surface area (Å²) in [5, 5.41) is 13.7. The average molecular weight is 396 g/mol. The lowest BCUT2D eigenvalue weighted by Crippen LogP contribution is -2.41. The third kappa shape index (κ3) is 4.13. The Morgan fingerprint density at radius 3 is 2.55 bits per heavy atom. The molecule has 9 nitrogen and oxygen atoms in total. The first-order valence-electron chi connectivity index (χ1n) is 9.38. The number of carbonyl (C=O) groups excluding carboxylic acids is 2. The molecule has 2 aromatic carbocycles. The Kier molecular flexibility index (Phi) is 5.03. The molecule has 29 heavy (non-hydrogen) atoms. The molecule has 4 rings (SSSR count). The van der Waals surface area contributed by atoms with Gasteiger partial charge >= 0.3 is 5.97 Å². The number of ether oxygens (including phenoxy) is 1. The number of carbonyl (C=O) groups is 2. The smallest absolute Gasteiger partial charge is 0.331 e. The van der Waals surface area contributed by atoms with Crippen molar-refractivity contribution in [1.82, 2.24) is 0 Å². The minimum atomic E-state index is -0.569. The third-order valence-electron chi connectivity index (χ3n) is 5.00. The topological polar surface area (TPSA) is 105 Å². The van der Waals surface area contributed by atoms with Crippen LogP contribution in [-0.4, -0.2) is 43.0 Å². The van der Waals surface area contributed by atoms with Crippen LogP contribution in [0.3, 0.4) is 0 Å². The number of nitro benzene ring substituents is 1. The van der Waals surface area contributed by atoms with E-state index in [-0.39, 0.29) is 30.4 Å². The molecule has 2 aliphatic rings. The summed E-state index contributed by atoms with van der Waals surface area (Å²) in [6.07, 6.45) is 2.39. The second-order valence-corrected chi connectivity index (χ2v) is 7.03. The zero-order valence-corrected chi connectivity index (χ0v) is 15.7. The molecule has 9 heteroatoms. The van der Waals surface area contributed by atoms with E-state index in [1.807, 2.05) is 24.3 Å². The number of nitrogens with one attached hydrogen (secondary N) is 1. The Labute approximate surface area is 167 Å². The molecule has 1 amide bonds. The van der Waals surface area contributed by atoms with Crippen molar-refractivity contribution in [2.45, 2.75) is 12.8 Å². The molecule has 0 spiro atoms. The molecule has 2 aromatic rings. The lowest BCUT2D eigenvalue weighted by molar-refractivity contribution is -0.384. The van der Waals surface area contributed by atoms with E-state index in [2.05, 4.69) is 10.2 Å². The van der Waals surface area contributed by atoms with Crippen LogP contribution < -0.4 is 19.9 Å². The zero-order chi connectivity index (χ0) is 20.4. The summed E-state index contributed by atoms with van der Waals surface area (Å²) < 4.78 is 5.09. The predicted octanol–water partition coefficient (Wildman–Crippen LogP) is 2.56. The highest BCUT2D eigenvalue weighted by Gasteiger charge is 2.27. The van der Waals surface area contributed by atoms with Crippen LogP contribution in [0.15, 0.2) is 42.5 Å². The number of hydrogen-bond acceptors (Lipinski definition) is 7. The number of nitrogens with zero attached hydrogens (tertiary/aromatic N) is 3. The predicted molar refractivity (Wildman–Crippen MR) is 107 cm³/mol. The van der Waals surface area contributed by atoms with E-state index in [0.29, 0.717) is 11.4 Å². The Morgan fingerprint density at radius 2 is 1.86 bits per heavy atom. The maximum Gasteiger partial charge on any atom is 0.331 e. The van der Waals surface area contributed by atoms with Gasteiger partial charge in [0.05, 0.1) is 23.2 Å². The Hall–Kier alpha value is -3.62. The normalized spacial score (nSPS) is 15.7. The van der Waals surface area contributed by atoms with Gasteiger partial charge in [-0.15, -0.1) is 0 Å². The molecule has 1 saturated heterocycles. The molecule has 0 atom stereocenters. The molecular formula is C20H20N4O5. The van der Waals surface area contributed by atoms with Gasteiger partial charge in [-0.3, -0.25) is 14.9 Å². The molecule has 1 fully saturated rings. The number of nitro groups is 1. The minimum absolute atomic E-state index is 0.0756. The molecule has 2 aliphatic heterocycles. The number of esters is 1. The molecule has 150 valence electrons. The highest BCUT2D eigenvalue weighted by Crippen LogP contribution is 2.35. The van der Waals surface area contributed by atoms with Crippen LogP contribution in [0.5, 0.6) is 5.75 Å². The Bertz CT molecular complexity index is 954. The number of benzene rings is 2. The van der Waals surface area contributed by atoms with Gasteiger partial charge in [-0.05, 0) is 43.2 Å². The van der Waals surface area contributed by atoms with Crippen LogP contribution in [0.2, 0.25) is 0 Å². The standard InChI is InChI=1S/C20H20N4O5/c25-19(21-14-3-5-15(6-4-14)22-9-1-2-10-22)12-23-13-20(26)29-18-11-16(24(27)28)7-8-17(18)23/h3-8,11H,1-2,9-10,12-13H2,(H,21,25). The van der Waals surface area contributed by atoms with Crippen molar-refractivity contribution in [3.63, 3.8) is 0 Å². The first kappa shape index (κ1) is 18.7. The van der Waals surface area contributed by atoms with Crippen LogP contribution >= 0.6 is 0 Å². The van der Waals surface area contributed by atoms with Crippen molar-refractivity contribution in [2.24, 2.45) is 0 Å². The van der Waals surface area contributed by atoms with Gasteiger partial charge in [0.2, 0.25) is 5.91 Å². The van der Waals surface area contributed by atoms with Crippen LogP contribution in [0, 0.1) is 10.1 Å². The number of non-ortho nitro benzene ring substituents is 1. The van der Waals surface area contributed by atoms with Crippen molar-refractivity contribution in [2.75, 3.05) is 41.3 Å². The molecule has 0 aliphatic carbocycles. The molecule has 1 N–H and O–H groups in total. The molecule has 0 radical (unpaired) electrons. The third-order valence-corrected chi connectivity index (χ3v) is 5.00. The Balaban J connectivity index is 1.43. The fourth-order valence-corrected chi connectivity index (χ4v) is 3.60. The first-order chi connectivity index (χ1) is 14.0. The van der Waals surface area contributed by atoms with Crippen molar-refractivity contribution in [3.05, 3.63) is 52.6 Å². The second kappa shape index (κ2) is 7.78. The van der Waals surface area contributed by atoms with Crippen LogP contribution in [0.25, 0.3) is 0 Å². The fourth-order valence-electron chi connectivity index (χ4n) is 3.60. The maximum absolute atomic E-state index is 12.5. The summed E-state index contributed by atoms with van der Waals surface area (Å²) in [6, 6.07) is 11.7. The lowest BCUT2D eigenvalue weighted by atomic mass is 10.2. The number of rotatable bonds is 5. The number of hydrogen-bond donors (Lipinski definition) is 1. The lowest BCUT2D eigenvalue weighted by Gasteiger charge is -2.29. The molecule has 0 unspecified atom stereocenters. The maximum atomic E-state index is 12.5. The van der Waals surface area contributed by atoms with Gasteiger partial charge in [0.25, 0.3) is 5.69 Å². The van der Waals surface area contributed by atoms with Crippen molar-refractivity contribution in [3.8, 4) is 5.75 Å². The van der Waals surface area contributed by atoms with Crippen molar-refractivity contribution >= 4 is 34.6 Å². The second-order valence-electron chi connectivity index (χ2n) is 7.03. The highest BCUT2D eigenvalue weighted by atomic mass is 16.6. The summed E-state index contributed by atoms with van der Waals surface area (Å²) in [5.74, 6) is -0.781. The van der Waals surface area contributed by atoms with Crippen LogP contribution in [0.1, 0.15) is 12.8 Å². The molecule has 0 bridgehead atoms. The van der Waals surface area contributed by atoms with Gasteiger partial charge in [-0.2, -0.15) is 0 Å². The summed E-state index contributed by atoms with van der Waals surface area (Å²) in [6.45, 7) is 1.92.